The average Bonchev–Trinajstić information content (AvgIpc) is 3.13. The monoisotopic (exact) mass is 984 g/mol. The van der Waals surface area contributed by atoms with E-state index < -0.39 is 82.6 Å². The summed E-state index contributed by atoms with van der Waals surface area (Å²) in [5.74, 6) is -0.503. The summed E-state index contributed by atoms with van der Waals surface area (Å²) in [6, 6.07) is 15.0. The summed E-state index contributed by atoms with van der Waals surface area (Å²) < 4.78 is 148. The van der Waals surface area contributed by atoms with Gasteiger partial charge in [0.1, 0.15) is 31.7 Å². The van der Waals surface area contributed by atoms with Crippen LogP contribution in [0, 0.1) is 0 Å². The van der Waals surface area contributed by atoms with Gasteiger partial charge in [-0.3, -0.25) is 9.11 Å². The molecule has 30 heteroatoms. The van der Waals surface area contributed by atoms with E-state index in [4.69, 9.17) is 41.8 Å². The second-order valence-corrected chi connectivity index (χ2v) is 17.7. The maximum absolute atomic E-state index is 12.3. The summed E-state index contributed by atoms with van der Waals surface area (Å²) in [6.07, 6.45) is 2.14. The normalized spacial score (nSPS) is 11.9. The van der Waals surface area contributed by atoms with E-state index in [1.807, 2.05) is 0 Å². The molecule has 0 saturated carbocycles. The van der Waals surface area contributed by atoms with Crippen LogP contribution in [0.25, 0.3) is 12.2 Å². The van der Waals surface area contributed by atoms with E-state index in [2.05, 4.69) is 40.5 Å². The van der Waals surface area contributed by atoms with Crippen molar-refractivity contribution in [1.82, 2.24) is 29.9 Å². The molecule has 0 bridgehead atoms. The van der Waals surface area contributed by atoms with Gasteiger partial charge in [0.15, 0.2) is 0 Å². The summed E-state index contributed by atoms with van der Waals surface area (Å²) >= 11 is 12.0. The van der Waals surface area contributed by atoms with Crippen molar-refractivity contribution >= 4 is 99.1 Å². The summed E-state index contributed by atoms with van der Waals surface area (Å²) in [5, 5.41) is 4.50. The minimum Gasteiger partial charge on any atom is -0.744 e. The van der Waals surface area contributed by atoms with E-state index in [1.165, 1.54) is 48.5 Å². The molecule has 2 aromatic heterocycles. The number of hydrogen-bond acceptors (Lipinski definition) is 20. The Hall–Kier alpha value is -3.94. The number of nitrogens with zero attached hydrogens (tertiary/aromatic N) is 6. The predicted octanol–water partition coefficient (Wildman–Crippen LogP) is -1.08. The Bertz CT molecular complexity index is 2930. The average molecular weight is 986 g/mol. The van der Waals surface area contributed by atoms with Crippen molar-refractivity contribution in [3.05, 3.63) is 107 Å². The van der Waals surface area contributed by atoms with Gasteiger partial charge in [0.2, 0.25) is 22.5 Å². The molecule has 0 unspecified atom stereocenters. The number of anilines is 4. The summed E-state index contributed by atoms with van der Waals surface area (Å²) in [7, 11) is -19.4. The number of hydrogen-bond donors (Lipinski definition) is 4. The van der Waals surface area contributed by atoms with Crippen LogP contribution in [0.1, 0.15) is 11.1 Å². The molecular weight excluding hydrogens is 966 g/mol. The first-order chi connectivity index (χ1) is 28.0. The zero-order valence-electron chi connectivity index (χ0n) is 31.1. The first-order valence-corrected chi connectivity index (χ1v) is 22.2. The van der Waals surface area contributed by atoms with Crippen LogP contribution in [0.2, 0.25) is 10.6 Å². The van der Waals surface area contributed by atoms with Gasteiger partial charge in [-0.05, 0) is 107 Å². The fourth-order valence-corrected chi connectivity index (χ4v) is 7.46. The van der Waals surface area contributed by atoms with E-state index in [9.17, 15) is 42.8 Å². The van der Waals surface area contributed by atoms with Gasteiger partial charge < -0.3 is 29.2 Å². The molecule has 62 heavy (non-hydrogen) atoms. The maximum atomic E-state index is 12.3. The van der Waals surface area contributed by atoms with Crippen LogP contribution < -0.4 is 79.2 Å². The summed E-state index contributed by atoms with van der Waals surface area (Å²) in [4.78, 5) is 20.9. The standard InChI is InChI=1S/C32H22Cl2N8O14S4.2Na/c33-27-37-29(41-31(39-27)55-21-7-11-23(12-8-21)57(43,44)45)35-19-5-3-17(25(15-19)59(49,50)51)1-2-18-4-6-20(16-26(18)60(52,53)54)36-30-38-28(34)40-32(42-30)56-22-9-13-24(14-10-22)58(46,47)48;;/h1-16H,(H,43,44,45)(H,46,47,48)(H,49,50,51)(H,52,53,54)(H,35,37,39,41)(H,36,38,40,42);;/q;2*+1/p-2. The topological polar surface area (TPSA) is 343 Å². The van der Waals surface area contributed by atoms with Gasteiger partial charge in [-0.2, -0.15) is 46.7 Å². The summed E-state index contributed by atoms with van der Waals surface area (Å²) in [5.41, 5.74) is -0.545. The van der Waals surface area contributed by atoms with Gasteiger partial charge in [-0.25, -0.2) is 16.8 Å². The third kappa shape index (κ3) is 13.8. The Labute approximate surface area is 405 Å². The molecule has 0 spiro atoms. The van der Waals surface area contributed by atoms with Crippen LogP contribution >= 0.6 is 23.2 Å². The molecule has 6 rings (SSSR count). The van der Waals surface area contributed by atoms with Crippen LogP contribution in [0.3, 0.4) is 0 Å². The van der Waals surface area contributed by atoms with Crippen molar-refractivity contribution < 1.29 is 120 Å². The van der Waals surface area contributed by atoms with E-state index in [1.54, 1.807) is 0 Å². The van der Waals surface area contributed by atoms with E-state index >= 15 is 0 Å². The molecule has 6 aromatic rings. The third-order valence-corrected chi connectivity index (χ3v) is 11.2. The SMILES string of the molecule is O=S(=O)([O-])c1cc(Nc2nc(Cl)nc(Oc3ccc(S(=O)(=O)O)cc3)n2)ccc1C=Cc1ccc(Nc2nc(Cl)nc(Oc3ccc(S(=O)(=O)O)cc3)n2)cc1S(=O)(=O)[O-].[Na+].[Na+]. The molecule has 312 valence electrons. The Kier molecular flexibility index (Phi) is 16.6. The van der Waals surface area contributed by atoms with Crippen molar-refractivity contribution in [2.75, 3.05) is 10.6 Å². The van der Waals surface area contributed by atoms with Crippen molar-refractivity contribution in [3.63, 3.8) is 0 Å². The fourth-order valence-electron chi connectivity index (χ4n) is 4.81. The smallest absolute Gasteiger partial charge is 0.744 e. The summed E-state index contributed by atoms with van der Waals surface area (Å²) in [6.45, 7) is 0. The number of rotatable bonds is 14. The molecule has 0 aliphatic carbocycles. The first-order valence-electron chi connectivity index (χ1n) is 15.8. The third-order valence-electron chi connectivity index (χ3n) is 7.36. The van der Waals surface area contributed by atoms with Gasteiger partial charge >= 0.3 is 71.1 Å². The maximum Gasteiger partial charge on any atom is 1.00 e. The second-order valence-electron chi connectivity index (χ2n) is 11.5. The Balaban J connectivity index is 0.00000422. The molecule has 0 amide bonds. The van der Waals surface area contributed by atoms with E-state index in [0.29, 0.717) is 0 Å². The van der Waals surface area contributed by atoms with Crippen molar-refractivity contribution in [2.45, 2.75) is 19.6 Å². The van der Waals surface area contributed by atoms with Crippen LogP contribution in [0.5, 0.6) is 23.5 Å². The van der Waals surface area contributed by atoms with E-state index in [0.717, 1.165) is 48.6 Å². The molecular formula is C32H20Cl2N8Na2O14S4. The minimum atomic E-state index is -5.21. The van der Waals surface area contributed by atoms with Gasteiger partial charge in [-0.1, -0.05) is 24.3 Å². The number of benzene rings is 4. The number of halogens is 2. The molecule has 4 aromatic carbocycles. The quantitative estimate of drug-likeness (QED) is 0.0572. The molecule has 0 atom stereocenters. The van der Waals surface area contributed by atoms with Crippen LogP contribution in [0.4, 0.5) is 23.3 Å². The molecule has 22 nitrogen and oxygen atoms in total. The number of nitrogens with one attached hydrogen (secondary N) is 2. The molecule has 0 radical (unpaired) electrons. The molecule has 0 saturated heterocycles. The Morgan fingerprint density at radius 1 is 0.516 bits per heavy atom. The van der Waals surface area contributed by atoms with Gasteiger partial charge in [-0.15, -0.1) is 0 Å². The molecule has 4 N–H and O–H groups in total. The van der Waals surface area contributed by atoms with Crippen LogP contribution in [-0.2, 0) is 40.5 Å². The van der Waals surface area contributed by atoms with Crippen molar-refractivity contribution in [1.29, 1.82) is 0 Å². The largest absolute Gasteiger partial charge is 1.00 e. The fraction of sp³-hybridized carbons (Fsp3) is 0. The van der Waals surface area contributed by atoms with Gasteiger partial charge in [0.25, 0.3) is 20.2 Å². The zero-order valence-corrected chi connectivity index (χ0v) is 39.9. The second kappa shape index (κ2) is 20.3. The minimum absolute atomic E-state index is 0. The number of aromatic nitrogens is 6. The van der Waals surface area contributed by atoms with Crippen LogP contribution in [-0.4, -0.2) is 81.8 Å². The van der Waals surface area contributed by atoms with Crippen molar-refractivity contribution in [2.24, 2.45) is 0 Å². The zero-order chi connectivity index (χ0) is 43.6. The molecule has 0 aliphatic rings. The van der Waals surface area contributed by atoms with Gasteiger partial charge in [0.05, 0.1) is 19.6 Å². The Morgan fingerprint density at radius 2 is 0.855 bits per heavy atom. The van der Waals surface area contributed by atoms with Crippen LogP contribution in [0.15, 0.2) is 105 Å². The first kappa shape index (κ1) is 50.7. The number of ether oxygens (including phenoxy) is 2. The van der Waals surface area contributed by atoms with E-state index in [-0.39, 0.29) is 105 Å². The van der Waals surface area contributed by atoms with Crippen molar-refractivity contribution in [3.8, 4) is 23.5 Å². The molecule has 2 heterocycles. The molecule has 0 fully saturated rings. The predicted molar refractivity (Wildman–Crippen MR) is 207 cm³/mol. The Morgan fingerprint density at radius 3 is 1.16 bits per heavy atom. The van der Waals surface area contributed by atoms with Gasteiger partial charge in [0, 0.05) is 11.4 Å². The molecule has 0 aliphatic heterocycles.